The summed E-state index contributed by atoms with van der Waals surface area (Å²) >= 11 is 1.02. The van der Waals surface area contributed by atoms with Crippen molar-refractivity contribution < 1.29 is 9.59 Å². The van der Waals surface area contributed by atoms with Crippen molar-refractivity contribution in [2.75, 3.05) is 0 Å². The molecule has 1 aliphatic rings. The molecule has 3 aromatic carbocycles. The van der Waals surface area contributed by atoms with Gasteiger partial charge in [0.25, 0.3) is 11.1 Å². The maximum absolute atomic E-state index is 13.2. The zero-order valence-corrected chi connectivity index (χ0v) is 20.6. The minimum atomic E-state index is -0.237. The number of carbonyl (C=O) groups excluding carboxylic acids is 2. The summed E-state index contributed by atoms with van der Waals surface area (Å²) in [7, 11) is 0. The van der Waals surface area contributed by atoms with Gasteiger partial charge in [-0.15, -0.1) is 0 Å². The molecule has 1 aliphatic heterocycles. The van der Waals surface area contributed by atoms with Crippen LogP contribution in [0, 0.1) is 27.7 Å². The van der Waals surface area contributed by atoms with Crippen LogP contribution in [0.5, 0.6) is 0 Å². The highest BCUT2D eigenvalue weighted by molar-refractivity contribution is 8.18. The zero-order valence-electron chi connectivity index (χ0n) is 19.8. The van der Waals surface area contributed by atoms with Gasteiger partial charge < -0.3 is 4.57 Å². The Bertz CT molecular complexity index is 1490. The first-order valence-electron chi connectivity index (χ1n) is 11.3. The van der Waals surface area contributed by atoms with Crippen molar-refractivity contribution in [3.05, 3.63) is 105 Å². The molecule has 170 valence electrons. The molecular formula is C29H26N2O2S. The van der Waals surface area contributed by atoms with E-state index in [1.165, 1.54) is 16.0 Å². The molecule has 0 spiro atoms. The maximum atomic E-state index is 13.2. The number of hydrogen-bond donors (Lipinski definition) is 0. The largest absolute Gasteiger partial charge is 0.318 e. The van der Waals surface area contributed by atoms with Crippen molar-refractivity contribution in [2.45, 2.75) is 34.2 Å². The number of nitrogens with zero attached hydrogens (tertiary/aromatic N) is 2. The Balaban J connectivity index is 1.47. The quantitative estimate of drug-likeness (QED) is 0.301. The van der Waals surface area contributed by atoms with Crippen molar-refractivity contribution in [1.82, 2.24) is 9.47 Å². The Morgan fingerprint density at radius 3 is 2.44 bits per heavy atom. The lowest BCUT2D eigenvalue weighted by Gasteiger charge is -2.14. The highest BCUT2D eigenvalue weighted by Gasteiger charge is 2.35. The summed E-state index contributed by atoms with van der Waals surface area (Å²) < 4.78 is 2.22. The second-order valence-corrected chi connectivity index (χ2v) is 9.78. The molecule has 2 heterocycles. The molecule has 1 saturated heterocycles. The molecular weight excluding hydrogens is 440 g/mol. The van der Waals surface area contributed by atoms with Crippen LogP contribution in [0.1, 0.15) is 33.6 Å². The Morgan fingerprint density at radius 2 is 1.62 bits per heavy atom. The molecule has 5 rings (SSSR count). The van der Waals surface area contributed by atoms with Crippen LogP contribution in [0.25, 0.3) is 22.5 Å². The molecule has 0 aliphatic carbocycles. The van der Waals surface area contributed by atoms with E-state index in [2.05, 4.69) is 56.5 Å². The van der Waals surface area contributed by atoms with Gasteiger partial charge in [-0.05, 0) is 90.7 Å². The number of hydrogen-bond acceptors (Lipinski definition) is 3. The summed E-state index contributed by atoms with van der Waals surface area (Å²) in [6.07, 6.45) is 1.86. The molecule has 0 unspecified atom stereocenters. The summed E-state index contributed by atoms with van der Waals surface area (Å²) in [5.41, 5.74) is 7.66. The van der Waals surface area contributed by atoms with Gasteiger partial charge in [0.2, 0.25) is 0 Å². The van der Waals surface area contributed by atoms with E-state index in [0.717, 1.165) is 50.7 Å². The molecule has 1 fully saturated rings. The average Bonchev–Trinajstić information content (AvgIpc) is 3.25. The van der Waals surface area contributed by atoms with Gasteiger partial charge in [-0.25, -0.2) is 0 Å². The molecule has 0 radical (unpaired) electrons. The van der Waals surface area contributed by atoms with Crippen LogP contribution in [-0.4, -0.2) is 20.6 Å². The van der Waals surface area contributed by atoms with Gasteiger partial charge in [-0.2, -0.15) is 0 Å². The summed E-state index contributed by atoms with van der Waals surface area (Å²) in [5, 5.41) is 1.93. The number of aryl methyl sites for hydroxylation is 2. The van der Waals surface area contributed by atoms with Gasteiger partial charge >= 0.3 is 0 Å². The van der Waals surface area contributed by atoms with Crippen LogP contribution >= 0.6 is 11.8 Å². The number of benzene rings is 3. The summed E-state index contributed by atoms with van der Waals surface area (Å²) in [4.78, 5) is 27.9. The van der Waals surface area contributed by atoms with E-state index in [0.29, 0.717) is 4.91 Å². The lowest BCUT2D eigenvalue weighted by Crippen LogP contribution is -2.27. The van der Waals surface area contributed by atoms with Crippen molar-refractivity contribution in [3.63, 3.8) is 0 Å². The second kappa shape index (κ2) is 8.65. The van der Waals surface area contributed by atoms with E-state index in [-0.39, 0.29) is 17.7 Å². The van der Waals surface area contributed by atoms with Crippen LogP contribution in [-0.2, 0) is 11.3 Å². The van der Waals surface area contributed by atoms with E-state index in [9.17, 15) is 9.59 Å². The molecule has 0 atom stereocenters. The van der Waals surface area contributed by atoms with E-state index >= 15 is 0 Å². The fourth-order valence-corrected chi connectivity index (χ4v) is 5.49. The van der Waals surface area contributed by atoms with E-state index < -0.39 is 0 Å². The lowest BCUT2D eigenvalue weighted by atomic mass is 10.0. The first kappa shape index (κ1) is 22.2. The predicted octanol–water partition coefficient (Wildman–Crippen LogP) is 7.10. The van der Waals surface area contributed by atoms with Crippen LogP contribution < -0.4 is 0 Å². The molecule has 0 N–H and O–H groups in total. The predicted molar refractivity (Wildman–Crippen MR) is 140 cm³/mol. The number of fused-ring (bicyclic) bond motifs is 1. The second-order valence-electron chi connectivity index (χ2n) is 8.79. The highest BCUT2D eigenvalue weighted by atomic mass is 32.2. The van der Waals surface area contributed by atoms with E-state index in [4.69, 9.17) is 0 Å². The number of aromatic nitrogens is 1. The lowest BCUT2D eigenvalue weighted by molar-refractivity contribution is -0.123. The summed E-state index contributed by atoms with van der Waals surface area (Å²) in [6.45, 7) is 8.63. The molecule has 5 heteroatoms. The number of rotatable bonds is 4. The van der Waals surface area contributed by atoms with Crippen LogP contribution in [0.15, 0.2) is 71.6 Å². The summed E-state index contributed by atoms with van der Waals surface area (Å²) in [6, 6.07) is 22.4. The Labute approximate surface area is 203 Å². The van der Waals surface area contributed by atoms with Crippen LogP contribution in [0.4, 0.5) is 4.79 Å². The van der Waals surface area contributed by atoms with Gasteiger partial charge in [0.15, 0.2) is 0 Å². The van der Waals surface area contributed by atoms with E-state index in [1.807, 2.05) is 48.5 Å². The van der Waals surface area contributed by atoms with Crippen molar-refractivity contribution >= 4 is 39.8 Å². The first-order valence-corrected chi connectivity index (χ1v) is 12.1. The van der Waals surface area contributed by atoms with Gasteiger partial charge in [-0.1, -0.05) is 54.6 Å². The third kappa shape index (κ3) is 3.76. The zero-order chi connectivity index (χ0) is 24.0. The minimum Gasteiger partial charge on any atom is -0.318 e. The maximum Gasteiger partial charge on any atom is 0.293 e. The molecule has 0 bridgehead atoms. The number of imide groups is 1. The number of thioether (sulfide) groups is 1. The van der Waals surface area contributed by atoms with Crippen molar-refractivity contribution in [3.8, 4) is 5.69 Å². The number of carbonyl (C=O) groups is 2. The molecule has 0 saturated carbocycles. The third-order valence-corrected chi connectivity index (χ3v) is 7.56. The highest BCUT2D eigenvalue weighted by Crippen LogP contribution is 2.35. The normalized spacial score (nSPS) is 15.2. The van der Waals surface area contributed by atoms with Gasteiger partial charge in [0.1, 0.15) is 0 Å². The fourth-order valence-electron chi connectivity index (χ4n) is 4.66. The van der Waals surface area contributed by atoms with Crippen LogP contribution in [0.2, 0.25) is 0 Å². The van der Waals surface area contributed by atoms with E-state index in [1.54, 1.807) is 0 Å². The SMILES string of the molecule is Cc1cccc(-n2c(C)cc(/C=C3\SC(=O)N(Cc4cccc5ccccc45)C3=O)c2C)c1C. The van der Waals surface area contributed by atoms with Gasteiger partial charge in [-0.3, -0.25) is 14.5 Å². The standard InChI is InChI=1S/C29H26N2O2S/c1-18-9-7-14-26(20(18)3)31-19(2)15-24(21(31)4)16-27-28(32)30(29(33)34-27)17-23-12-8-11-22-10-5-6-13-25(22)23/h5-16H,17H2,1-4H3/b27-16-. The monoisotopic (exact) mass is 466 g/mol. The Kier molecular flexibility index (Phi) is 5.66. The fraction of sp³-hybridized carbons (Fsp3) is 0.172. The van der Waals surface area contributed by atoms with Crippen molar-refractivity contribution in [1.29, 1.82) is 0 Å². The average molecular weight is 467 g/mol. The molecule has 4 nitrogen and oxygen atoms in total. The molecule has 4 aromatic rings. The van der Waals surface area contributed by atoms with Gasteiger partial charge in [0.05, 0.1) is 11.4 Å². The van der Waals surface area contributed by atoms with Crippen LogP contribution in [0.3, 0.4) is 0 Å². The topological polar surface area (TPSA) is 42.3 Å². The number of amides is 2. The third-order valence-electron chi connectivity index (χ3n) is 6.66. The van der Waals surface area contributed by atoms with Crippen molar-refractivity contribution in [2.24, 2.45) is 0 Å². The minimum absolute atomic E-state index is 0.229. The molecule has 2 amide bonds. The Morgan fingerprint density at radius 1 is 0.882 bits per heavy atom. The summed E-state index contributed by atoms with van der Waals surface area (Å²) in [5.74, 6) is -0.237. The Hall–Kier alpha value is -3.57. The molecule has 34 heavy (non-hydrogen) atoms. The first-order chi connectivity index (χ1) is 16.3. The smallest absolute Gasteiger partial charge is 0.293 e. The van der Waals surface area contributed by atoms with Gasteiger partial charge in [0, 0.05) is 17.1 Å². The molecule has 1 aromatic heterocycles.